The molecular formula is C23H45NO6P+. The van der Waals surface area contributed by atoms with E-state index in [-0.39, 0.29) is 25.8 Å². The third-order valence-corrected chi connectivity index (χ3v) is 5.54. The molecule has 0 aromatic rings. The zero-order valence-electron chi connectivity index (χ0n) is 19.9. The van der Waals surface area contributed by atoms with Gasteiger partial charge in [-0.2, -0.15) is 0 Å². The molecule has 1 N–H and O–H groups in total. The molecule has 0 radical (unpaired) electrons. The fourth-order valence-corrected chi connectivity index (χ4v) is 3.39. The summed E-state index contributed by atoms with van der Waals surface area (Å²) in [5.41, 5.74) is 0. The van der Waals surface area contributed by atoms with Crippen LogP contribution < -0.4 is 0 Å². The smallest absolute Gasteiger partial charge is 0.466 e. The van der Waals surface area contributed by atoms with Crippen molar-refractivity contribution in [2.75, 3.05) is 47.5 Å². The molecule has 0 bridgehead atoms. The predicted octanol–water partition coefficient (Wildman–Crippen LogP) is 5.40. The molecule has 7 nitrogen and oxygen atoms in total. The highest BCUT2D eigenvalue weighted by Gasteiger charge is 2.22. The summed E-state index contributed by atoms with van der Waals surface area (Å²) in [7, 11) is 1.85. The first-order valence-electron chi connectivity index (χ1n) is 11.5. The second-order valence-corrected chi connectivity index (χ2v) is 10.2. The topological polar surface area (TPSA) is 82.1 Å². The lowest BCUT2D eigenvalue weighted by Crippen LogP contribution is -2.37. The molecular weight excluding hydrogens is 417 g/mol. The van der Waals surface area contributed by atoms with Gasteiger partial charge in [-0.25, -0.2) is 4.57 Å². The summed E-state index contributed by atoms with van der Waals surface area (Å²) in [6.07, 6.45) is 17.1. The summed E-state index contributed by atoms with van der Waals surface area (Å²) in [4.78, 5) is 21.3. The summed E-state index contributed by atoms with van der Waals surface area (Å²) >= 11 is 0. The molecule has 1 atom stereocenters. The van der Waals surface area contributed by atoms with E-state index in [1.165, 1.54) is 19.3 Å². The van der Waals surface area contributed by atoms with Gasteiger partial charge in [0.25, 0.3) is 0 Å². The van der Waals surface area contributed by atoms with Crippen LogP contribution in [0.25, 0.3) is 0 Å². The molecule has 8 heteroatoms. The van der Waals surface area contributed by atoms with Crippen molar-refractivity contribution < 1.29 is 32.5 Å². The van der Waals surface area contributed by atoms with Gasteiger partial charge in [-0.1, -0.05) is 37.5 Å². The molecule has 0 saturated heterocycles. The maximum absolute atomic E-state index is 11.7. The second kappa shape index (κ2) is 18.6. The number of hydrogen-bond donors (Lipinski definition) is 1. The quantitative estimate of drug-likeness (QED) is 0.0808. The minimum atomic E-state index is -4.04. The van der Waals surface area contributed by atoms with Crippen molar-refractivity contribution in [1.29, 1.82) is 0 Å². The van der Waals surface area contributed by atoms with E-state index in [1.807, 2.05) is 27.2 Å². The Hall–Kier alpha value is -0.980. The number of hydrogen-bond acceptors (Lipinski definition) is 5. The molecule has 0 heterocycles. The molecule has 0 aliphatic rings. The van der Waals surface area contributed by atoms with Crippen LogP contribution in [-0.2, 0) is 23.1 Å². The standard InChI is InChI=1S/C23H44NO6P/c1-5-6-7-8-9-10-11-12-13-14-15-16-18-23(25)28-20-17-21-29-31(26,27)30-22-19-24(2,3)4/h5,9-10H,1,6-8,11-22H2,2-4H3/p+1/b10-9+. The number of nitrogens with zero attached hydrogens (tertiary/aromatic N) is 1. The number of ether oxygens (including phenoxy) is 1. The minimum absolute atomic E-state index is 0.00807. The lowest BCUT2D eigenvalue weighted by atomic mass is 10.1. The van der Waals surface area contributed by atoms with Crippen molar-refractivity contribution >= 4 is 13.8 Å². The molecule has 1 unspecified atom stereocenters. The van der Waals surface area contributed by atoms with E-state index in [2.05, 4.69) is 18.7 Å². The number of carbonyl (C=O) groups excluding carboxylic acids is 1. The number of likely N-dealkylation sites (N-methyl/N-ethyl adjacent to an activating group) is 1. The van der Waals surface area contributed by atoms with Gasteiger partial charge in [0.15, 0.2) is 0 Å². The molecule has 0 amide bonds. The van der Waals surface area contributed by atoms with E-state index in [0.717, 1.165) is 38.5 Å². The Morgan fingerprint density at radius 2 is 1.48 bits per heavy atom. The number of phosphoric acid groups is 1. The number of phosphoric ester groups is 1. The molecule has 0 rings (SSSR count). The Kier molecular flexibility index (Phi) is 18.0. The SMILES string of the molecule is C=CCCC/C=C/CCCCCCCC(=O)OCCCOP(=O)(O)OCC[N+](C)(C)C. The highest BCUT2D eigenvalue weighted by molar-refractivity contribution is 7.47. The second-order valence-electron chi connectivity index (χ2n) is 8.72. The van der Waals surface area contributed by atoms with Crippen LogP contribution in [0, 0.1) is 0 Å². The average molecular weight is 463 g/mol. The van der Waals surface area contributed by atoms with Crippen LogP contribution in [0.5, 0.6) is 0 Å². The molecule has 0 saturated carbocycles. The molecule has 182 valence electrons. The third-order valence-electron chi connectivity index (χ3n) is 4.52. The van der Waals surface area contributed by atoms with Crippen LogP contribution in [-0.4, -0.2) is 62.9 Å². The van der Waals surface area contributed by atoms with Gasteiger partial charge >= 0.3 is 13.8 Å². The molecule has 0 fully saturated rings. The van der Waals surface area contributed by atoms with Crippen LogP contribution in [0.4, 0.5) is 0 Å². The van der Waals surface area contributed by atoms with E-state index >= 15 is 0 Å². The third kappa shape index (κ3) is 23.5. The summed E-state index contributed by atoms with van der Waals surface area (Å²) in [5, 5.41) is 0. The van der Waals surface area contributed by atoms with Gasteiger partial charge in [0.1, 0.15) is 13.2 Å². The Morgan fingerprint density at radius 1 is 0.871 bits per heavy atom. The van der Waals surface area contributed by atoms with Crippen LogP contribution >= 0.6 is 7.82 Å². The average Bonchev–Trinajstić information content (AvgIpc) is 2.67. The van der Waals surface area contributed by atoms with Crippen LogP contribution in [0.1, 0.15) is 70.6 Å². The molecule has 0 spiro atoms. The Labute approximate surface area is 189 Å². The summed E-state index contributed by atoms with van der Waals surface area (Å²) in [5.74, 6) is -0.228. The van der Waals surface area contributed by atoms with Gasteiger partial charge in [0.05, 0.1) is 34.4 Å². The number of unbranched alkanes of at least 4 members (excludes halogenated alkanes) is 7. The van der Waals surface area contributed by atoms with Gasteiger partial charge in [0.2, 0.25) is 0 Å². The lowest BCUT2D eigenvalue weighted by molar-refractivity contribution is -0.870. The molecule has 0 aromatic heterocycles. The largest absolute Gasteiger partial charge is 0.472 e. The zero-order chi connectivity index (χ0) is 23.4. The van der Waals surface area contributed by atoms with Crippen molar-refractivity contribution in [3.05, 3.63) is 24.8 Å². The first kappa shape index (κ1) is 30.0. The van der Waals surface area contributed by atoms with E-state index in [9.17, 15) is 14.3 Å². The van der Waals surface area contributed by atoms with Gasteiger partial charge in [0, 0.05) is 12.8 Å². The van der Waals surface area contributed by atoms with Crippen LogP contribution in [0.15, 0.2) is 24.8 Å². The van der Waals surface area contributed by atoms with Crippen molar-refractivity contribution in [2.45, 2.75) is 70.6 Å². The first-order chi connectivity index (χ1) is 14.7. The zero-order valence-corrected chi connectivity index (χ0v) is 20.8. The number of allylic oxidation sites excluding steroid dienone is 3. The maximum atomic E-state index is 11.7. The Balaban J connectivity index is 3.50. The number of esters is 1. The number of rotatable bonds is 21. The van der Waals surface area contributed by atoms with E-state index in [1.54, 1.807) is 0 Å². The molecule has 0 aliphatic heterocycles. The van der Waals surface area contributed by atoms with Crippen molar-refractivity contribution in [1.82, 2.24) is 0 Å². The molecule has 0 aromatic carbocycles. The maximum Gasteiger partial charge on any atom is 0.472 e. The summed E-state index contributed by atoms with van der Waals surface area (Å²) in [6, 6.07) is 0. The van der Waals surface area contributed by atoms with Gasteiger partial charge in [-0.3, -0.25) is 13.8 Å². The van der Waals surface area contributed by atoms with E-state index in [4.69, 9.17) is 13.8 Å². The minimum Gasteiger partial charge on any atom is -0.466 e. The van der Waals surface area contributed by atoms with Crippen LogP contribution in [0.3, 0.4) is 0 Å². The highest BCUT2D eigenvalue weighted by atomic mass is 31.2. The Morgan fingerprint density at radius 3 is 2.16 bits per heavy atom. The van der Waals surface area contributed by atoms with Gasteiger partial charge in [-0.05, 0) is 38.5 Å². The molecule has 31 heavy (non-hydrogen) atoms. The van der Waals surface area contributed by atoms with Crippen molar-refractivity contribution in [2.24, 2.45) is 0 Å². The van der Waals surface area contributed by atoms with Crippen LogP contribution in [0.2, 0.25) is 0 Å². The van der Waals surface area contributed by atoms with Crippen molar-refractivity contribution in [3.63, 3.8) is 0 Å². The molecule has 0 aliphatic carbocycles. The van der Waals surface area contributed by atoms with E-state index < -0.39 is 7.82 Å². The normalized spacial score (nSPS) is 13.9. The number of carbonyl (C=O) groups is 1. The fraction of sp³-hybridized carbons (Fsp3) is 0.783. The summed E-state index contributed by atoms with van der Waals surface area (Å²) in [6.45, 7) is 4.64. The lowest BCUT2D eigenvalue weighted by Gasteiger charge is -2.24. The van der Waals surface area contributed by atoms with Gasteiger partial charge < -0.3 is 14.1 Å². The number of quaternary nitrogens is 1. The summed E-state index contributed by atoms with van der Waals surface area (Å²) < 4.78 is 27.3. The monoisotopic (exact) mass is 462 g/mol. The Bertz CT molecular complexity index is 545. The van der Waals surface area contributed by atoms with E-state index in [0.29, 0.717) is 23.9 Å². The predicted molar refractivity (Wildman–Crippen MR) is 126 cm³/mol. The first-order valence-corrected chi connectivity index (χ1v) is 13.0. The van der Waals surface area contributed by atoms with Gasteiger partial charge in [-0.15, -0.1) is 6.58 Å². The fourth-order valence-electron chi connectivity index (χ4n) is 2.64. The van der Waals surface area contributed by atoms with Crippen molar-refractivity contribution in [3.8, 4) is 0 Å². The highest BCUT2D eigenvalue weighted by Crippen LogP contribution is 2.43.